The summed E-state index contributed by atoms with van der Waals surface area (Å²) in [7, 11) is 0. The highest BCUT2D eigenvalue weighted by Gasteiger charge is 2.13. The zero-order chi connectivity index (χ0) is 10.1. The average Bonchev–Trinajstić information content (AvgIpc) is 2.59. The zero-order valence-electron chi connectivity index (χ0n) is 7.27. The Balaban J connectivity index is 2.61. The van der Waals surface area contributed by atoms with Gasteiger partial charge in [-0.3, -0.25) is 0 Å². The lowest BCUT2D eigenvalue weighted by Crippen LogP contribution is -2.10. The molecule has 1 aromatic carbocycles. The molecule has 2 rings (SSSR count). The van der Waals surface area contributed by atoms with E-state index in [0.29, 0.717) is 5.02 Å². The summed E-state index contributed by atoms with van der Waals surface area (Å²) in [5.74, 6) is 0. The number of rotatable bonds is 2. The predicted molar refractivity (Wildman–Crippen MR) is 58.6 cm³/mol. The summed E-state index contributed by atoms with van der Waals surface area (Å²) in [6.07, 6.45) is -0.650. The van der Waals surface area contributed by atoms with Gasteiger partial charge in [0.25, 0.3) is 0 Å². The Bertz CT molecular complexity index is 457. The number of nitrogens with zero attached hydrogens (tertiary/aromatic N) is 1. The molecule has 0 saturated heterocycles. The van der Waals surface area contributed by atoms with E-state index in [4.69, 9.17) is 17.3 Å². The van der Waals surface area contributed by atoms with Crippen LogP contribution in [0.2, 0.25) is 5.02 Å². The molecule has 0 bridgehead atoms. The Morgan fingerprint density at radius 1 is 1.57 bits per heavy atom. The topological polar surface area (TPSA) is 59.1 Å². The molecule has 1 atom stereocenters. The fraction of sp³-hybridized carbons (Fsp3) is 0.222. The second-order valence-electron chi connectivity index (χ2n) is 2.96. The second kappa shape index (κ2) is 3.82. The van der Waals surface area contributed by atoms with Gasteiger partial charge in [0.15, 0.2) is 0 Å². The van der Waals surface area contributed by atoms with Crippen molar-refractivity contribution in [2.24, 2.45) is 5.73 Å². The molecule has 0 radical (unpaired) electrons. The number of hydrogen-bond donors (Lipinski definition) is 2. The standard InChI is InChI=1S/C9H9ClN2OS/c10-5-1-2-7-6(3-5)9(14-12-7)8(13)4-11/h1-3,8,13H,4,11H2. The maximum Gasteiger partial charge on any atom is 0.103 e. The van der Waals surface area contributed by atoms with Crippen molar-refractivity contribution in [2.75, 3.05) is 6.54 Å². The SMILES string of the molecule is NCC(O)c1snc2ccc(Cl)cc12. The van der Waals surface area contributed by atoms with Crippen LogP contribution in [0.5, 0.6) is 0 Å². The van der Waals surface area contributed by atoms with Gasteiger partial charge < -0.3 is 10.8 Å². The van der Waals surface area contributed by atoms with Crippen molar-refractivity contribution in [3.05, 3.63) is 28.1 Å². The minimum absolute atomic E-state index is 0.198. The van der Waals surface area contributed by atoms with Crippen LogP contribution in [0.4, 0.5) is 0 Å². The summed E-state index contributed by atoms with van der Waals surface area (Å²) in [5.41, 5.74) is 6.24. The molecule has 0 spiro atoms. The minimum atomic E-state index is -0.650. The highest BCUT2D eigenvalue weighted by atomic mass is 35.5. The van der Waals surface area contributed by atoms with Crippen molar-refractivity contribution in [1.29, 1.82) is 0 Å². The van der Waals surface area contributed by atoms with E-state index in [1.54, 1.807) is 12.1 Å². The van der Waals surface area contributed by atoms with Crippen molar-refractivity contribution >= 4 is 34.0 Å². The third-order valence-corrected chi connectivity index (χ3v) is 3.20. The lowest BCUT2D eigenvalue weighted by molar-refractivity contribution is 0.192. The van der Waals surface area contributed by atoms with Gasteiger partial charge in [-0.15, -0.1) is 0 Å². The molecular weight excluding hydrogens is 220 g/mol. The fourth-order valence-electron chi connectivity index (χ4n) is 1.28. The van der Waals surface area contributed by atoms with Gasteiger partial charge in [-0.25, -0.2) is 0 Å². The number of halogens is 1. The molecule has 14 heavy (non-hydrogen) atoms. The maximum atomic E-state index is 9.61. The predicted octanol–water partition coefficient (Wildman–Crippen LogP) is 1.94. The van der Waals surface area contributed by atoms with Crippen molar-refractivity contribution < 1.29 is 5.11 Å². The average molecular weight is 229 g/mol. The highest BCUT2D eigenvalue weighted by Crippen LogP contribution is 2.29. The summed E-state index contributed by atoms with van der Waals surface area (Å²) in [4.78, 5) is 0.782. The first-order valence-corrected chi connectivity index (χ1v) is 5.30. The normalized spacial score (nSPS) is 13.4. The van der Waals surface area contributed by atoms with Crippen LogP contribution in [0, 0.1) is 0 Å². The van der Waals surface area contributed by atoms with Gasteiger partial charge in [0.1, 0.15) is 6.10 Å². The van der Waals surface area contributed by atoms with Gasteiger partial charge in [0, 0.05) is 17.0 Å². The minimum Gasteiger partial charge on any atom is -0.386 e. The molecule has 74 valence electrons. The molecule has 3 nitrogen and oxygen atoms in total. The number of aliphatic hydroxyl groups excluding tert-OH is 1. The quantitative estimate of drug-likeness (QED) is 0.826. The second-order valence-corrected chi connectivity index (χ2v) is 4.20. The monoisotopic (exact) mass is 228 g/mol. The van der Waals surface area contributed by atoms with Gasteiger partial charge in [0.05, 0.1) is 10.4 Å². The van der Waals surface area contributed by atoms with Crippen LogP contribution in [0.1, 0.15) is 11.0 Å². The summed E-state index contributed by atoms with van der Waals surface area (Å²) < 4.78 is 4.20. The van der Waals surface area contributed by atoms with Crippen LogP contribution < -0.4 is 5.73 Å². The molecule has 0 fully saturated rings. The molecule has 2 aromatic rings. The largest absolute Gasteiger partial charge is 0.386 e. The van der Waals surface area contributed by atoms with Crippen LogP contribution in [0.25, 0.3) is 10.9 Å². The van der Waals surface area contributed by atoms with Crippen molar-refractivity contribution in [3.8, 4) is 0 Å². The van der Waals surface area contributed by atoms with Gasteiger partial charge >= 0.3 is 0 Å². The molecule has 0 saturated carbocycles. The van der Waals surface area contributed by atoms with Gasteiger partial charge in [0.2, 0.25) is 0 Å². The number of benzene rings is 1. The van der Waals surface area contributed by atoms with E-state index in [0.717, 1.165) is 15.8 Å². The molecule has 0 aliphatic heterocycles. The first-order chi connectivity index (χ1) is 6.72. The fourth-order valence-corrected chi connectivity index (χ4v) is 2.29. The highest BCUT2D eigenvalue weighted by molar-refractivity contribution is 7.07. The van der Waals surface area contributed by atoms with Crippen molar-refractivity contribution in [1.82, 2.24) is 4.37 Å². The van der Waals surface area contributed by atoms with E-state index < -0.39 is 6.10 Å². The molecule has 5 heteroatoms. The Kier molecular flexibility index (Phi) is 2.69. The Morgan fingerprint density at radius 2 is 2.36 bits per heavy atom. The van der Waals surface area contributed by atoms with E-state index in [9.17, 15) is 5.11 Å². The van der Waals surface area contributed by atoms with Gasteiger partial charge in [-0.2, -0.15) is 4.37 Å². The molecule has 0 amide bonds. The third kappa shape index (κ3) is 1.62. The Labute approximate surface area is 90.3 Å². The first-order valence-electron chi connectivity index (χ1n) is 4.15. The van der Waals surface area contributed by atoms with E-state index in [2.05, 4.69) is 4.37 Å². The van der Waals surface area contributed by atoms with E-state index in [1.165, 1.54) is 11.5 Å². The van der Waals surface area contributed by atoms with Crippen molar-refractivity contribution in [2.45, 2.75) is 6.10 Å². The summed E-state index contributed by atoms with van der Waals surface area (Å²) in [6.45, 7) is 0.198. The van der Waals surface area contributed by atoms with Crippen LogP contribution in [0.3, 0.4) is 0 Å². The van der Waals surface area contributed by atoms with Crippen LogP contribution >= 0.6 is 23.1 Å². The Hall–Kier alpha value is -0.680. The van der Waals surface area contributed by atoms with Crippen LogP contribution in [-0.2, 0) is 0 Å². The van der Waals surface area contributed by atoms with Crippen LogP contribution in [-0.4, -0.2) is 16.0 Å². The molecule has 1 unspecified atom stereocenters. The third-order valence-electron chi connectivity index (χ3n) is 1.99. The smallest absolute Gasteiger partial charge is 0.103 e. The number of aliphatic hydroxyl groups is 1. The summed E-state index contributed by atoms with van der Waals surface area (Å²) >= 11 is 7.12. The lowest BCUT2D eigenvalue weighted by Gasteiger charge is -2.03. The molecule has 0 aliphatic carbocycles. The van der Waals surface area contributed by atoms with E-state index in [-0.39, 0.29) is 6.54 Å². The molecular formula is C9H9ClN2OS. The van der Waals surface area contributed by atoms with E-state index >= 15 is 0 Å². The van der Waals surface area contributed by atoms with Gasteiger partial charge in [-0.1, -0.05) is 11.6 Å². The van der Waals surface area contributed by atoms with Crippen LogP contribution in [0.15, 0.2) is 18.2 Å². The van der Waals surface area contributed by atoms with Crippen molar-refractivity contribution in [3.63, 3.8) is 0 Å². The molecule has 1 heterocycles. The summed E-state index contributed by atoms with van der Waals surface area (Å²) in [5, 5.41) is 11.1. The number of aromatic nitrogens is 1. The maximum absolute atomic E-state index is 9.61. The number of hydrogen-bond acceptors (Lipinski definition) is 4. The first kappa shape index (κ1) is 9.86. The zero-order valence-corrected chi connectivity index (χ0v) is 8.85. The summed E-state index contributed by atoms with van der Waals surface area (Å²) in [6, 6.07) is 5.41. The van der Waals surface area contributed by atoms with Gasteiger partial charge in [-0.05, 0) is 29.7 Å². The molecule has 0 aliphatic rings. The molecule has 1 aromatic heterocycles. The Morgan fingerprint density at radius 3 is 3.07 bits per heavy atom. The molecule has 3 N–H and O–H groups in total. The number of nitrogens with two attached hydrogens (primary N) is 1. The van der Waals surface area contributed by atoms with E-state index in [1.807, 2.05) is 6.07 Å². The lowest BCUT2D eigenvalue weighted by atomic mass is 10.1. The number of fused-ring (bicyclic) bond motifs is 1.